The first kappa shape index (κ1) is 16.5. The second-order valence-corrected chi connectivity index (χ2v) is 5.88. The quantitative estimate of drug-likeness (QED) is 0.853. The van der Waals surface area contributed by atoms with Crippen LogP contribution in [0.3, 0.4) is 0 Å². The van der Waals surface area contributed by atoms with Gasteiger partial charge in [-0.25, -0.2) is 22.5 Å². The van der Waals surface area contributed by atoms with Gasteiger partial charge in [0, 0.05) is 37.4 Å². The van der Waals surface area contributed by atoms with Crippen molar-refractivity contribution in [3.63, 3.8) is 0 Å². The lowest BCUT2D eigenvalue weighted by Gasteiger charge is -2.24. The Morgan fingerprint density at radius 2 is 1.83 bits per heavy atom. The van der Waals surface area contributed by atoms with E-state index in [4.69, 9.17) is 5.73 Å². The van der Waals surface area contributed by atoms with Crippen molar-refractivity contribution < 1.29 is 22.4 Å². The maximum Gasteiger partial charge on any atom is 0.252 e. The summed E-state index contributed by atoms with van der Waals surface area (Å²) in [5.41, 5.74) is 5.48. The molecule has 0 bridgehead atoms. The SMILES string of the molecule is NC(=O)c1cc2cc(F)c(F)cc2nc1N1CCCC(F)(F)CC1. The van der Waals surface area contributed by atoms with Gasteiger partial charge in [0.25, 0.3) is 5.91 Å². The number of carbonyl (C=O) groups excluding carboxylic acids is 1. The lowest BCUT2D eigenvalue weighted by Crippen LogP contribution is -2.29. The van der Waals surface area contributed by atoms with Gasteiger partial charge in [-0.2, -0.15) is 0 Å². The van der Waals surface area contributed by atoms with Gasteiger partial charge in [0.05, 0.1) is 11.1 Å². The minimum Gasteiger partial charge on any atom is -0.365 e. The highest BCUT2D eigenvalue weighted by Gasteiger charge is 2.33. The van der Waals surface area contributed by atoms with Gasteiger partial charge in [0.1, 0.15) is 5.82 Å². The summed E-state index contributed by atoms with van der Waals surface area (Å²) in [5.74, 6) is -5.59. The van der Waals surface area contributed by atoms with Gasteiger partial charge < -0.3 is 10.6 Å². The van der Waals surface area contributed by atoms with E-state index in [2.05, 4.69) is 4.98 Å². The maximum atomic E-state index is 13.5. The number of primary amides is 1. The number of aromatic nitrogens is 1. The molecule has 1 aliphatic heterocycles. The Hall–Kier alpha value is -2.38. The van der Waals surface area contributed by atoms with Crippen molar-refractivity contribution in [2.45, 2.75) is 25.2 Å². The molecule has 1 amide bonds. The largest absolute Gasteiger partial charge is 0.365 e. The van der Waals surface area contributed by atoms with E-state index in [-0.39, 0.29) is 54.6 Å². The Labute approximate surface area is 135 Å². The average Bonchev–Trinajstić information content (AvgIpc) is 2.68. The highest BCUT2D eigenvalue weighted by Crippen LogP contribution is 2.32. The van der Waals surface area contributed by atoms with Gasteiger partial charge in [-0.05, 0) is 18.6 Å². The second-order valence-electron chi connectivity index (χ2n) is 5.88. The first-order chi connectivity index (χ1) is 11.3. The number of rotatable bonds is 2. The van der Waals surface area contributed by atoms with E-state index in [1.165, 1.54) is 6.07 Å². The Kier molecular flexibility index (Phi) is 4.06. The topological polar surface area (TPSA) is 59.2 Å². The molecule has 0 unspecified atom stereocenters. The smallest absolute Gasteiger partial charge is 0.252 e. The Morgan fingerprint density at radius 3 is 2.54 bits per heavy atom. The van der Waals surface area contributed by atoms with Crippen LogP contribution >= 0.6 is 0 Å². The number of pyridine rings is 1. The zero-order chi connectivity index (χ0) is 17.5. The van der Waals surface area contributed by atoms with E-state index >= 15 is 0 Å². The van der Waals surface area contributed by atoms with E-state index in [1.54, 1.807) is 4.90 Å². The van der Waals surface area contributed by atoms with Crippen LogP contribution in [0.25, 0.3) is 10.9 Å². The van der Waals surface area contributed by atoms with Gasteiger partial charge >= 0.3 is 0 Å². The minimum atomic E-state index is -2.77. The first-order valence-electron chi connectivity index (χ1n) is 7.49. The van der Waals surface area contributed by atoms with Crippen molar-refractivity contribution in [3.05, 3.63) is 35.4 Å². The molecule has 1 fully saturated rings. The number of nitrogens with zero attached hydrogens (tertiary/aromatic N) is 2. The monoisotopic (exact) mass is 341 g/mol. The number of amides is 1. The lowest BCUT2D eigenvalue weighted by atomic mass is 10.1. The molecule has 4 nitrogen and oxygen atoms in total. The number of halogens is 4. The van der Waals surface area contributed by atoms with Crippen LogP contribution in [-0.4, -0.2) is 29.9 Å². The fourth-order valence-electron chi connectivity index (χ4n) is 2.86. The van der Waals surface area contributed by atoms with Gasteiger partial charge in [-0.15, -0.1) is 0 Å². The van der Waals surface area contributed by atoms with Crippen molar-refractivity contribution in [1.82, 2.24) is 4.98 Å². The van der Waals surface area contributed by atoms with Gasteiger partial charge in [-0.3, -0.25) is 4.79 Å². The Bertz CT molecular complexity index is 809. The molecular formula is C16H15F4N3O. The first-order valence-corrected chi connectivity index (χ1v) is 7.49. The summed E-state index contributed by atoms with van der Waals surface area (Å²) in [4.78, 5) is 17.4. The molecular weight excluding hydrogens is 326 g/mol. The molecule has 2 aromatic rings. The summed E-state index contributed by atoms with van der Waals surface area (Å²) in [7, 11) is 0. The number of alkyl halides is 2. The molecule has 1 aliphatic rings. The van der Waals surface area contributed by atoms with Crippen molar-refractivity contribution in [3.8, 4) is 0 Å². The fourth-order valence-corrected chi connectivity index (χ4v) is 2.86. The van der Waals surface area contributed by atoms with Crippen molar-refractivity contribution in [2.24, 2.45) is 5.73 Å². The van der Waals surface area contributed by atoms with Crippen molar-refractivity contribution in [2.75, 3.05) is 18.0 Å². The maximum absolute atomic E-state index is 13.5. The number of carbonyl (C=O) groups is 1. The molecule has 0 radical (unpaired) electrons. The lowest BCUT2D eigenvalue weighted by molar-refractivity contribution is -0.0102. The van der Waals surface area contributed by atoms with E-state index in [0.717, 1.165) is 12.1 Å². The summed E-state index contributed by atoms with van der Waals surface area (Å²) in [6.45, 7) is 0.271. The predicted molar refractivity (Wildman–Crippen MR) is 81.2 cm³/mol. The molecule has 1 aromatic heterocycles. The molecule has 1 aromatic carbocycles. The van der Waals surface area contributed by atoms with E-state index in [1.807, 2.05) is 0 Å². The minimum absolute atomic E-state index is 0.00118. The Morgan fingerprint density at radius 1 is 1.12 bits per heavy atom. The van der Waals surface area contributed by atoms with Crippen LogP contribution in [0.2, 0.25) is 0 Å². The van der Waals surface area contributed by atoms with Crippen LogP contribution in [0.5, 0.6) is 0 Å². The van der Waals surface area contributed by atoms with Crippen LogP contribution in [-0.2, 0) is 0 Å². The van der Waals surface area contributed by atoms with Crippen LogP contribution in [0.1, 0.15) is 29.6 Å². The van der Waals surface area contributed by atoms with Crippen LogP contribution in [0.15, 0.2) is 18.2 Å². The van der Waals surface area contributed by atoms with E-state index in [9.17, 15) is 22.4 Å². The van der Waals surface area contributed by atoms with Gasteiger partial charge in [-0.1, -0.05) is 0 Å². The number of nitrogens with two attached hydrogens (primary N) is 1. The second kappa shape index (κ2) is 5.92. The van der Waals surface area contributed by atoms with Crippen molar-refractivity contribution in [1.29, 1.82) is 0 Å². The summed E-state index contributed by atoms with van der Waals surface area (Å²) in [6, 6.07) is 3.14. The molecule has 0 saturated carbocycles. The van der Waals surface area contributed by atoms with Gasteiger partial charge in [0.2, 0.25) is 5.92 Å². The number of hydrogen-bond acceptors (Lipinski definition) is 3. The molecule has 0 atom stereocenters. The number of fused-ring (bicyclic) bond motifs is 1. The van der Waals surface area contributed by atoms with Crippen LogP contribution < -0.4 is 10.6 Å². The molecule has 2 heterocycles. The third-order valence-electron chi connectivity index (χ3n) is 4.12. The van der Waals surface area contributed by atoms with Crippen molar-refractivity contribution >= 4 is 22.6 Å². The molecule has 8 heteroatoms. The zero-order valence-electron chi connectivity index (χ0n) is 12.7. The third-order valence-corrected chi connectivity index (χ3v) is 4.12. The number of anilines is 1. The summed E-state index contributed by atoms with van der Waals surface area (Å²) in [5, 5.41) is 0.214. The molecule has 3 rings (SSSR count). The van der Waals surface area contributed by atoms with Gasteiger partial charge in [0.15, 0.2) is 11.6 Å². The fraction of sp³-hybridized carbons (Fsp3) is 0.375. The predicted octanol–water partition coefficient (Wildman–Crippen LogP) is 3.24. The highest BCUT2D eigenvalue weighted by atomic mass is 19.3. The Balaban J connectivity index is 2.09. The molecule has 0 aliphatic carbocycles. The zero-order valence-corrected chi connectivity index (χ0v) is 12.7. The van der Waals surface area contributed by atoms with Crippen LogP contribution in [0, 0.1) is 11.6 Å². The molecule has 24 heavy (non-hydrogen) atoms. The third kappa shape index (κ3) is 3.13. The molecule has 2 N–H and O–H groups in total. The van der Waals surface area contributed by atoms with Crippen LogP contribution in [0.4, 0.5) is 23.4 Å². The summed E-state index contributed by atoms with van der Waals surface area (Å²) in [6.07, 6.45) is -0.395. The molecule has 0 spiro atoms. The highest BCUT2D eigenvalue weighted by molar-refractivity contribution is 6.01. The number of hydrogen-bond donors (Lipinski definition) is 1. The molecule has 1 saturated heterocycles. The van der Waals surface area contributed by atoms with E-state index < -0.39 is 23.5 Å². The average molecular weight is 341 g/mol. The molecule has 128 valence electrons. The standard InChI is InChI=1S/C16H15F4N3O/c17-11-7-9-6-10(14(21)24)15(22-13(9)8-12(11)18)23-4-1-2-16(19,20)3-5-23/h6-8H,1-5H2,(H2,21,24). The summed E-state index contributed by atoms with van der Waals surface area (Å²) >= 11 is 0. The summed E-state index contributed by atoms with van der Waals surface area (Å²) < 4.78 is 53.9. The normalized spacial score (nSPS) is 17.8. The number of benzene rings is 1. The van der Waals surface area contributed by atoms with E-state index in [0.29, 0.717) is 0 Å².